The molecule has 2 N–H and O–H groups in total. The van der Waals surface area contributed by atoms with Gasteiger partial charge in [0.1, 0.15) is 11.1 Å². The number of hydrogen-bond donors (Lipinski definition) is 2. The topological polar surface area (TPSA) is 82.9 Å². The molecule has 1 aliphatic heterocycles. The summed E-state index contributed by atoms with van der Waals surface area (Å²) in [6, 6.07) is 10.5. The summed E-state index contributed by atoms with van der Waals surface area (Å²) in [5.74, 6) is -1.06. The number of nitrogens with zero attached hydrogens (tertiary/aromatic N) is 2. The number of carbonyl (C=O) groups is 2. The first-order valence-corrected chi connectivity index (χ1v) is 10.1. The van der Waals surface area contributed by atoms with Crippen LogP contribution in [0.3, 0.4) is 0 Å². The third-order valence-corrected chi connectivity index (χ3v) is 5.71. The summed E-state index contributed by atoms with van der Waals surface area (Å²) in [4.78, 5) is 24.5. The van der Waals surface area contributed by atoms with Gasteiger partial charge < -0.3 is 10.6 Å². The second kappa shape index (κ2) is 9.39. The Morgan fingerprint density at radius 3 is 2.62 bits per heavy atom. The van der Waals surface area contributed by atoms with Gasteiger partial charge >= 0.3 is 0 Å². The molecular formula is C19H15Cl2FN4O2S. The number of hydrogen-bond acceptors (Lipinski definition) is 5. The predicted octanol–water partition coefficient (Wildman–Crippen LogP) is 4.47. The Hall–Kier alpha value is -2.42. The van der Waals surface area contributed by atoms with Crippen molar-refractivity contribution in [2.45, 2.75) is 18.6 Å². The molecule has 3 rings (SSSR count). The molecule has 1 saturated heterocycles. The van der Waals surface area contributed by atoms with Crippen molar-refractivity contribution in [3.05, 3.63) is 63.9 Å². The van der Waals surface area contributed by atoms with E-state index in [-0.39, 0.29) is 29.2 Å². The maximum atomic E-state index is 13.0. The van der Waals surface area contributed by atoms with Crippen molar-refractivity contribution < 1.29 is 14.0 Å². The van der Waals surface area contributed by atoms with Gasteiger partial charge in [-0.15, -0.1) is 5.10 Å². The highest BCUT2D eigenvalue weighted by molar-refractivity contribution is 8.15. The molecule has 0 aliphatic carbocycles. The third kappa shape index (κ3) is 5.79. The Labute approximate surface area is 180 Å². The highest BCUT2D eigenvalue weighted by Gasteiger charge is 2.30. The number of nitrogens with one attached hydrogen (secondary N) is 2. The molecule has 1 fully saturated rings. The van der Waals surface area contributed by atoms with E-state index < -0.39 is 5.25 Å². The van der Waals surface area contributed by atoms with E-state index in [9.17, 15) is 14.0 Å². The van der Waals surface area contributed by atoms with Gasteiger partial charge in [-0.3, -0.25) is 9.59 Å². The normalized spacial score (nSPS) is 18.5. The van der Waals surface area contributed by atoms with Crippen LogP contribution in [0.2, 0.25) is 10.0 Å². The van der Waals surface area contributed by atoms with Gasteiger partial charge in [-0.05, 0) is 42.8 Å². The van der Waals surface area contributed by atoms with Gasteiger partial charge in [0.2, 0.25) is 11.8 Å². The van der Waals surface area contributed by atoms with Gasteiger partial charge in [-0.25, -0.2) is 4.39 Å². The van der Waals surface area contributed by atoms with E-state index in [1.165, 1.54) is 18.2 Å². The maximum absolute atomic E-state index is 13.0. The second-order valence-corrected chi connectivity index (χ2v) is 8.08. The minimum absolute atomic E-state index is 0.00248. The fourth-order valence-electron chi connectivity index (χ4n) is 2.41. The van der Waals surface area contributed by atoms with Crippen LogP contribution in [-0.2, 0) is 9.59 Å². The zero-order chi connectivity index (χ0) is 21.0. The molecule has 0 saturated carbocycles. The Balaban J connectivity index is 1.70. The van der Waals surface area contributed by atoms with Crippen LogP contribution in [0.25, 0.3) is 0 Å². The first-order chi connectivity index (χ1) is 13.8. The summed E-state index contributed by atoms with van der Waals surface area (Å²) in [6.45, 7) is 1.71. The van der Waals surface area contributed by atoms with Crippen molar-refractivity contribution in [2.24, 2.45) is 10.2 Å². The number of amides is 2. The summed E-state index contributed by atoms with van der Waals surface area (Å²) in [5.41, 5.74) is 1.70. The fourth-order valence-corrected chi connectivity index (χ4v) is 3.63. The molecule has 10 heteroatoms. The smallest absolute Gasteiger partial charge is 0.238 e. The summed E-state index contributed by atoms with van der Waals surface area (Å²) >= 11 is 12.9. The average molecular weight is 453 g/mol. The maximum Gasteiger partial charge on any atom is 0.238 e. The highest BCUT2D eigenvalue weighted by atomic mass is 35.5. The molecule has 0 radical (unpaired) electrons. The van der Waals surface area contributed by atoms with Gasteiger partial charge in [0.15, 0.2) is 5.17 Å². The number of carbonyl (C=O) groups excluding carboxylic acids is 2. The van der Waals surface area contributed by atoms with Crippen LogP contribution < -0.4 is 10.6 Å². The van der Waals surface area contributed by atoms with Gasteiger partial charge in [0, 0.05) is 12.1 Å². The van der Waals surface area contributed by atoms with E-state index in [1.54, 1.807) is 31.2 Å². The molecule has 150 valence electrons. The molecule has 1 unspecified atom stereocenters. The number of thioether (sulfide) groups is 1. The van der Waals surface area contributed by atoms with Crippen LogP contribution in [0.4, 0.5) is 10.1 Å². The number of benzene rings is 2. The molecule has 2 amide bonds. The van der Waals surface area contributed by atoms with Crippen molar-refractivity contribution >= 4 is 63.3 Å². The molecule has 0 spiro atoms. The van der Waals surface area contributed by atoms with Crippen LogP contribution >= 0.6 is 35.0 Å². The quantitative estimate of drug-likeness (QED) is 0.529. The zero-order valence-corrected chi connectivity index (χ0v) is 17.4. The minimum Gasteiger partial charge on any atom is -0.325 e. The minimum atomic E-state index is -0.682. The fraction of sp³-hybridized carbons (Fsp3) is 0.158. The zero-order valence-electron chi connectivity index (χ0n) is 15.1. The van der Waals surface area contributed by atoms with E-state index in [0.29, 0.717) is 27.0 Å². The highest BCUT2D eigenvalue weighted by Crippen LogP contribution is 2.27. The van der Waals surface area contributed by atoms with Crippen molar-refractivity contribution in [1.29, 1.82) is 0 Å². The van der Waals surface area contributed by atoms with Crippen molar-refractivity contribution in [3.8, 4) is 0 Å². The lowest BCUT2D eigenvalue weighted by atomic mass is 10.1. The molecular weight excluding hydrogens is 438 g/mol. The first-order valence-electron chi connectivity index (χ1n) is 8.42. The molecule has 1 aliphatic rings. The van der Waals surface area contributed by atoms with E-state index in [1.807, 2.05) is 0 Å². The monoisotopic (exact) mass is 452 g/mol. The molecule has 2 aromatic carbocycles. The Morgan fingerprint density at radius 1 is 1.21 bits per heavy atom. The summed E-state index contributed by atoms with van der Waals surface area (Å²) in [5, 5.41) is 13.6. The van der Waals surface area contributed by atoms with Crippen molar-refractivity contribution in [2.75, 3.05) is 5.32 Å². The van der Waals surface area contributed by atoms with E-state index >= 15 is 0 Å². The predicted molar refractivity (Wildman–Crippen MR) is 115 cm³/mol. The first kappa shape index (κ1) is 21.3. The summed E-state index contributed by atoms with van der Waals surface area (Å²) < 4.78 is 13.0. The summed E-state index contributed by atoms with van der Waals surface area (Å²) in [7, 11) is 0. The van der Waals surface area contributed by atoms with Gasteiger partial charge in [0.05, 0.1) is 15.8 Å². The van der Waals surface area contributed by atoms with Crippen LogP contribution in [-0.4, -0.2) is 27.9 Å². The Morgan fingerprint density at radius 2 is 1.93 bits per heavy atom. The van der Waals surface area contributed by atoms with Crippen LogP contribution in [0.1, 0.15) is 18.9 Å². The van der Waals surface area contributed by atoms with Gasteiger partial charge in [-0.1, -0.05) is 47.1 Å². The van der Waals surface area contributed by atoms with Gasteiger partial charge in [0.25, 0.3) is 0 Å². The lowest BCUT2D eigenvalue weighted by Gasteiger charge is -2.21. The molecule has 2 aromatic rings. The average Bonchev–Trinajstić information content (AvgIpc) is 2.69. The molecule has 6 nitrogen and oxygen atoms in total. The number of anilines is 1. The molecule has 0 aromatic heterocycles. The third-order valence-electron chi connectivity index (χ3n) is 3.90. The van der Waals surface area contributed by atoms with Crippen LogP contribution in [0.15, 0.2) is 52.7 Å². The number of rotatable bonds is 4. The number of halogens is 3. The molecule has 0 bridgehead atoms. The molecule has 1 atom stereocenters. The molecule has 29 heavy (non-hydrogen) atoms. The van der Waals surface area contributed by atoms with Crippen molar-refractivity contribution in [3.63, 3.8) is 0 Å². The lowest BCUT2D eigenvalue weighted by molar-refractivity contribution is -0.123. The Bertz CT molecular complexity index is 1010. The Kier molecular flexibility index (Phi) is 6.89. The SMILES string of the molecule is C/C(=N/N=C1\NC(=O)CC(C(=O)Nc2ccc(Cl)c(Cl)c2)S1)c1ccc(F)cc1. The van der Waals surface area contributed by atoms with E-state index in [0.717, 1.165) is 11.8 Å². The van der Waals surface area contributed by atoms with Crippen LogP contribution in [0.5, 0.6) is 0 Å². The van der Waals surface area contributed by atoms with Gasteiger partial charge in [-0.2, -0.15) is 5.10 Å². The van der Waals surface area contributed by atoms with E-state index in [4.69, 9.17) is 23.2 Å². The summed E-state index contributed by atoms with van der Waals surface area (Å²) in [6.07, 6.45) is -0.00248. The number of amidine groups is 1. The molecule has 1 heterocycles. The lowest BCUT2D eigenvalue weighted by Crippen LogP contribution is -2.41. The van der Waals surface area contributed by atoms with Crippen molar-refractivity contribution in [1.82, 2.24) is 5.32 Å². The largest absolute Gasteiger partial charge is 0.325 e. The standard InChI is InChI=1S/C19H15Cl2FN4O2S/c1-10(11-2-4-12(22)5-3-11)25-26-19-24-17(27)9-16(29-19)18(28)23-13-6-7-14(20)15(21)8-13/h2-8,16H,9H2,1H3,(H,23,28)(H,24,26,27)/b25-10-. The van der Waals surface area contributed by atoms with E-state index in [2.05, 4.69) is 20.8 Å². The van der Waals surface area contributed by atoms with Crippen LogP contribution in [0, 0.1) is 5.82 Å². The second-order valence-electron chi connectivity index (χ2n) is 6.07.